The maximum atomic E-state index is 5.24. The third-order valence-corrected chi connectivity index (χ3v) is 3.52. The Labute approximate surface area is 133 Å². The number of nitrogens with zero attached hydrogens (tertiary/aromatic N) is 2. The Balaban J connectivity index is 2.24. The monoisotopic (exact) mass is 350 g/mol. The second-order valence-electron chi connectivity index (χ2n) is 4.58. The summed E-state index contributed by atoms with van der Waals surface area (Å²) in [5.41, 5.74) is 0.897. The molecule has 2 aromatic rings. The number of benzene rings is 1. The number of hydrogen-bond donors (Lipinski definition) is 2. The fourth-order valence-corrected chi connectivity index (χ4v) is 2.19. The van der Waals surface area contributed by atoms with E-state index in [4.69, 9.17) is 4.74 Å². The van der Waals surface area contributed by atoms with Gasteiger partial charge in [-0.1, -0.05) is 6.92 Å². The summed E-state index contributed by atoms with van der Waals surface area (Å²) < 4.78 is 6.19. The van der Waals surface area contributed by atoms with Gasteiger partial charge in [-0.25, -0.2) is 9.97 Å². The lowest BCUT2D eigenvalue weighted by atomic mass is 10.3. The molecule has 0 unspecified atom stereocenters. The molecule has 112 valence electrons. The predicted molar refractivity (Wildman–Crippen MR) is 89.5 cm³/mol. The molecule has 0 fully saturated rings. The number of anilines is 3. The second-order valence-corrected chi connectivity index (χ2v) is 5.44. The Bertz CT molecular complexity index is 619. The smallest absolute Gasteiger partial charge is 0.136 e. The first-order valence-corrected chi connectivity index (χ1v) is 7.61. The molecule has 1 aromatic heterocycles. The molecule has 0 aliphatic rings. The van der Waals surface area contributed by atoms with Crippen LogP contribution in [-0.2, 0) is 0 Å². The van der Waals surface area contributed by atoms with Crippen LogP contribution in [0.15, 0.2) is 28.7 Å². The van der Waals surface area contributed by atoms with Crippen LogP contribution in [0.1, 0.15) is 19.2 Å². The molecule has 21 heavy (non-hydrogen) atoms. The van der Waals surface area contributed by atoms with Crippen LogP contribution in [0.4, 0.5) is 17.3 Å². The minimum Gasteiger partial charge on any atom is -0.497 e. The summed E-state index contributed by atoms with van der Waals surface area (Å²) >= 11 is 3.52. The van der Waals surface area contributed by atoms with Crippen molar-refractivity contribution >= 4 is 33.3 Å². The van der Waals surface area contributed by atoms with E-state index in [0.29, 0.717) is 0 Å². The molecule has 0 spiro atoms. The minimum absolute atomic E-state index is 0.720. The van der Waals surface area contributed by atoms with Gasteiger partial charge < -0.3 is 15.4 Å². The van der Waals surface area contributed by atoms with Crippen LogP contribution in [0, 0.1) is 6.92 Å². The Morgan fingerprint density at radius 2 is 1.95 bits per heavy atom. The van der Waals surface area contributed by atoms with Crippen molar-refractivity contribution in [2.24, 2.45) is 0 Å². The van der Waals surface area contributed by atoms with Crippen molar-refractivity contribution in [3.8, 4) is 5.75 Å². The molecule has 6 heteroatoms. The summed E-state index contributed by atoms with van der Waals surface area (Å²) in [7, 11) is 1.65. The van der Waals surface area contributed by atoms with Gasteiger partial charge in [0.05, 0.1) is 12.8 Å². The van der Waals surface area contributed by atoms with Gasteiger partial charge in [0.25, 0.3) is 0 Å². The number of ether oxygens (including phenoxy) is 1. The van der Waals surface area contributed by atoms with E-state index in [1.807, 2.05) is 31.2 Å². The second kappa shape index (κ2) is 7.26. The molecule has 0 bridgehead atoms. The highest BCUT2D eigenvalue weighted by molar-refractivity contribution is 9.10. The van der Waals surface area contributed by atoms with Crippen molar-refractivity contribution in [2.75, 3.05) is 24.3 Å². The third kappa shape index (κ3) is 4.32. The fraction of sp³-hybridized carbons (Fsp3) is 0.333. The van der Waals surface area contributed by atoms with E-state index < -0.39 is 0 Å². The van der Waals surface area contributed by atoms with Crippen LogP contribution in [0.3, 0.4) is 0 Å². The molecule has 0 saturated heterocycles. The van der Waals surface area contributed by atoms with Crippen molar-refractivity contribution in [2.45, 2.75) is 20.3 Å². The Morgan fingerprint density at radius 3 is 2.67 bits per heavy atom. The zero-order chi connectivity index (χ0) is 15.2. The van der Waals surface area contributed by atoms with Crippen molar-refractivity contribution in [3.05, 3.63) is 34.6 Å². The number of hydrogen-bond acceptors (Lipinski definition) is 5. The van der Waals surface area contributed by atoms with Gasteiger partial charge in [-0.05, 0) is 41.4 Å². The lowest BCUT2D eigenvalue weighted by Crippen LogP contribution is -2.05. The van der Waals surface area contributed by atoms with Crippen LogP contribution >= 0.6 is 15.9 Å². The number of nitrogens with one attached hydrogen (secondary N) is 2. The van der Waals surface area contributed by atoms with Gasteiger partial charge in [-0.3, -0.25) is 0 Å². The van der Waals surface area contributed by atoms with E-state index in [0.717, 1.165) is 46.3 Å². The Morgan fingerprint density at radius 1 is 1.19 bits per heavy atom. The van der Waals surface area contributed by atoms with E-state index in [1.54, 1.807) is 7.11 Å². The molecule has 5 nitrogen and oxygen atoms in total. The van der Waals surface area contributed by atoms with Gasteiger partial charge in [0.2, 0.25) is 0 Å². The summed E-state index contributed by atoms with van der Waals surface area (Å²) in [5, 5.41) is 6.56. The quantitative estimate of drug-likeness (QED) is 0.820. The van der Waals surface area contributed by atoms with Gasteiger partial charge >= 0.3 is 0 Å². The topological polar surface area (TPSA) is 59.1 Å². The summed E-state index contributed by atoms with van der Waals surface area (Å²) in [4.78, 5) is 8.78. The maximum Gasteiger partial charge on any atom is 0.136 e. The lowest BCUT2D eigenvalue weighted by molar-refractivity contribution is 0.415. The average Bonchev–Trinajstić information content (AvgIpc) is 2.47. The minimum atomic E-state index is 0.720. The highest BCUT2D eigenvalue weighted by atomic mass is 79.9. The van der Waals surface area contributed by atoms with Gasteiger partial charge in [0.1, 0.15) is 23.2 Å². The summed E-state index contributed by atoms with van der Waals surface area (Å²) in [6.45, 7) is 4.88. The molecule has 0 atom stereocenters. The molecule has 2 rings (SSSR count). The fourth-order valence-electron chi connectivity index (χ4n) is 1.84. The van der Waals surface area contributed by atoms with Crippen LogP contribution in [0.25, 0.3) is 0 Å². The van der Waals surface area contributed by atoms with Crippen molar-refractivity contribution in [1.82, 2.24) is 9.97 Å². The van der Waals surface area contributed by atoms with Crippen LogP contribution in [-0.4, -0.2) is 23.6 Å². The molecule has 0 amide bonds. The molecule has 0 aliphatic heterocycles. The Hall–Kier alpha value is -1.82. The van der Waals surface area contributed by atoms with E-state index >= 15 is 0 Å². The first-order valence-electron chi connectivity index (χ1n) is 6.82. The first kappa shape index (κ1) is 15.6. The van der Waals surface area contributed by atoms with E-state index in [-0.39, 0.29) is 0 Å². The molecule has 1 aromatic carbocycles. The van der Waals surface area contributed by atoms with E-state index in [1.165, 1.54) is 0 Å². The number of aromatic nitrogens is 2. The largest absolute Gasteiger partial charge is 0.497 e. The number of halogens is 1. The van der Waals surface area contributed by atoms with Crippen LogP contribution in [0.2, 0.25) is 0 Å². The maximum absolute atomic E-state index is 5.24. The molecule has 1 heterocycles. The standard InChI is InChI=1S/C15H19BrN4O/c1-4-7-17-14-9-15(19-10(2)18-14)20-13-8-11(21-3)5-6-12(13)16/h5-6,8-9H,4,7H2,1-3H3,(H2,17,18,19,20). The number of methoxy groups -OCH3 is 1. The normalized spacial score (nSPS) is 10.3. The van der Waals surface area contributed by atoms with Gasteiger partial charge in [0, 0.05) is 23.2 Å². The molecular formula is C15H19BrN4O. The van der Waals surface area contributed by atoms with Crippen molar-refractivity contribution < 1.29 is 4.74 Å². The van der Waals surface area contributed by atoms with Crippen molar-refractivity contribution in [1.29, 1.82) is 0 Å². The lowest BCUT2D eigenvalue weighted by Gasteiger charge is -2.12. The number of aryl methyl sites for hydroxylation is 1. The summed E-state index contributed by atoms with van der Waals surface area (Å²) in [5.74, 6) is 3.08. The van der Waals surface area contributed by atoms with Crippen LogP contribution < -0.4 is 15.4 Å². The SMILES string of the molecule is CCCNc1cc(Nc2cc(OC)ccc2Br)nc(C)n1. The Kier molecular flexibility index (Phi) is 5.38. The van der Waals surface area contributed by atoms with Crippen LogP contribution in [0.5, 0.6) is 5.75 Å². The zero-order valence-corrected chi connectivity index (χ0v) is 14.0. The number of rotatable bonds is 6. The van der Waals surface area contributed by atoms with Gasteiger partial charge in [-0.15, -0.1) is 0 Å². The van der Waals surface area contributed by atoms with E-state index in [2.05, 4.69) is 43.5 Å². The highest BCUT2D eigenvalue weighted by Gasteiger charge is 2.06. The molecule has 0 aliphatic carbocycles. The molecular weight excluding hydrogens is 332 g/mol. The molecule has 0 saturated carbocycles. The van der Waals surface area contributed by atoms with Crippen molar-refractivity contribution in [3.63, 3.8) is 0 Å². The molecule has 2 N–H and O–H groups in total. The third-order valence-electron chi connectivity index (χ3n) is 2.83. The molecule has 0 radical (unpaired) electrons. The summed E-state index contributed by atoms with van der Waals surface area (Å²) in [6.07, 6.45) is 1.05. The average molecular weight is 351 g/mol. The highest BCUT2D eigenvalue weighted by Crippen LogP contribution is 2.29. The predicted octanol–water partition coefficient (Wildman–Crippen LogP) is 4.12. The first-order chi connectivity index (χ1) is 10.1. The van der Waals surface area contributed by atoms with E-state index in [9.17, 15) is 0 Å². The zero-order valence-electron chi connectivity index (χ0n) is 12.4. The van der Waals surface area contributed by atoms with Gasteiger partial charge in [-0.2, -0.15) is 0 Å². The summed E-state index contributed by atoms with van der Waals surface area (Å²) in [6, 6.07) is 7.65. The van der Waals surface area contributed by atoms with Gasteiger partial charge in [0.15, 0.2) is 0 Å².